The van der Waals surface area contributed by atoms with Crippen LogP contribution in [0, 0.1) is 11.7 Å². The van der Waals surface area contributed by atoms with Crippen LogP contribution in [-0.4, -0.2) is 50.2 Å². The maximum Gasteiger partial charge on any atom is 0.281 e. The Morgan fingerprint density at radius 1 is 1.24 bits per heavy atom. The van der Waals surface area contributed by atoms with Crippen molar-refractivity contribution in [3.63, 3.8) is 0 Å². The van der Waals surface area contributed by atoms with Crippen molar-refractivity contribution in [2.75, 3.05) is 25.6 Å². The van der Waals surface area contributed by atoms with Gasteiger partial charge >= 0.3 is 0 Å². The summed E-state index contributed by atoms with van der Waals surface area (Å²) in [5, 5.41) is -0.411. The van der Waals surface area contributed by atoms with Gasteiger partial charge in [-0.25, -0.2) is 19.1 Å². The summed E-state index contributed by atoms with van der Waals surface area (Å²) in [6.45, 7) is 5.12. The Balaban J connectivity index is 0.00000400. The Hall–Kier alpha value is -3.77. The van der Waals surface area contributed by atoms with E-state index in [4.69, 9.17) is 19.9 Å². The first-order valence-corrected chi connectivity index (χ1v) is 13.1. The SMILES string of the molecule is CC(C)COc1cc(F)cc(-c2ccc(C(=O)NS(=O)(=O)c3cccc(N)n3)c(O[C@H]3CCOC3)n2)c1.[HH]. The largest absolute Gasteiger partial charge is 0.493 e. The quantitative estimate of drug-likeness (QED) is 0.424. The number of nitrogens with one attached hydrogen (secondary N) is 1. The van der Waals surface area contributed by atoms with Gasteiger partial charge in [0, 0.05) is 19.5 Å². The number of anilines is 1. The number of aromatic nitrogens is 2. The van der Waals surface area contributed by atoms with E-state index in [9.17, 15) is 17.6 Å². The maximum atomic E-state index is 14.3. The Morgan fingerprint density at radius 3 is 2.76 bits per heavy atom. The second kappa shape index (κ2) is 11.1. The first kappa shape index (κ1) is 26.3. The molecule has 0 saturated carbocycles. The molecule has 2 aromatic heterocycles. The van der Waals surface area contributed by atoms with Crippen molar-refractivity contribution in [3.05, 3.63) is 59.9 Å². The van der Waals surface area contributed by atoms with Crippen molar-refractivity contribution >= 4 is 21.7 Å². The lowest BCUT2D eigenvalue weighted by Gasteiger charge is -2.16. The second-order valence-electron chi connectivity index (χ2n) is 8.87. The van der Waals surface area contributed by atoms with Crippen molar-refractivity contribution in [1.82, 2.24) is 14.7 Å². The van der Waals surface area contributed by atoms with Crippen LogP contribution in [0.4, 0.5) is 10.2 Å². The summed E-state index contributed by atoms with van der Waals surface area (Å²) in [4.78, 5) is 21.2. The van der Waals surface area contributed by atoms with Gasteiger partial charge in [0.2, 0.25) is 5.88 Å². The highest BCUT2D eigenvalue weighted by Crippen LogP contribution is 2.29. The first-order chi connectivity index (χ1) is 17.6. The predicted molar refractivity (Wildman–Crippen MR) is 135 cm³/mol. The molecule has 1 aliphatic rings. The molecule has 1 aromatic carbocycles. The molecule has 12 heteroatoms. The highest BCUT2D eigenvalue weighted by Gasteiger charge is 2.26. The molecule has 3 N–H and O–H groups in total. The van der Waals surface area contributed by atoms with E-state index in [0.29, 0.717) is 36.6 Å². The molecule has 0 radical (unpaired) electrons. The highest BCUT2D eigenvalue weighted by atomic mass is 32.2. The van der Waals surface area contributed by atoms with Crippen LogP contribution in [0.1, 0.15) is 32.1 Å². The molecular weight excluding hydrogens is 503 g/mol. The van der Waals surface area contributed by atoms with Gasteiger partial charge < -0.3 is 19.9 Å². The van der Waals surface area contributed by atoms with Crippen LogP contribution in [0.2, 0.25) is 0 Å². The molecule has 3 aromatic rings. The van der Waals surface area contributed by atoms with Crippen molar-refractivity contribution in [2.24, 2.45) is 5.92 Å². The highest BCUT2D eigenvalue weighted by molar-refractivity contribution is 7.90. The summed E-state index contributed by atoms with van der Waals surface area (Å²) < 4.78 is 58.6. The van der Waals surface area contributed by atoms with Crippen molar-refractivity contribution in [1.29, 1.82) is 0 Å². The monoisotopic (exact) mass is 532 g/mol. The van der Waals surface area contributed by atoms with Gasteiger partial charge in [0.25, 0.3) is 15.9 Å². The molecular formula is C25H29FN4O6S. The molecule has 0 aliphatic carbocycles. The molecule has 4 rings (SSSR count). The maximum absolute atomic E-state index is 14.3. The van der Waals surface area contributed by atoms with Gasteiger partial charge in [0.15, 0.2) is 5.03 Å². The third-order valence-electron chi connectivity index (χ3n) is 5.27. The first-order valence-electron chi connectivity index (χ1n) is 11.6. The molecule has 1 amide bonds. The Labute approximate surface area is 215 Å². The fourth-order valence-corrected chi connectivity index (χ4v) is 4.44. The second-order valence-corrected chi connectivity index (χ2v) is 10.5. The Bertz CT molecular complexity index is 1400. The number of carbonyl (C=O) groups is 1. The number of benzene rings is 1. The number of sulfonamides is 1. The summed E-state index contributed by atoms with van der Waals surface area (Å²) >= 11 is 0. The third kappa shape index (κ3) is 6.71. The number of amides is 1. The topological polar surface area (TPSA) is 143 Å². The van der Waals surface area contributed by atoms with Gasteiger partial charge in [0.1, 0.15) is 29.1 Å². The van der Waals surface area contributed by atoms with Crippen LogP contribution in [-0.2, 0) is 14.8 Å². The average Bonchev–Trinajstić information content (AvgIpc) is 3.35. The fraction of sp³-hybridized carbons (Fsp3) is 0.320. The summed E-state index contributed by atoms with van der Waals surface area (Å²) in [7, 11) is -4.33. The number of nitrogen functional groups attached to an aromatic ring is 1. The number of pyridine rings is 2. The van der Waals surface area contributed by atoms with Crippen molar-refractivity contribution in [3.8, 4) is 22.9 Å². The minimum atomic E-state index is -4.33. The molecule has 1 saturated heterocycles. The predicted octanol–water partition coefficient (Wildman–Crippen LogP) is 3.43. The Kier molecular flexibility index (Phi) is 7.89. The van der Waals surface area contributed by atoms with Gasteiger partial charge in [-0.05, 0) is 42.3 Å². The average molecular weight is 533 g/mol. The number of halogens is 1. The number of carbonyl (C=O) groups excluding carboxylic acids is 1. The lowest BCUT2D eigenvalue weighted by atomic mass is 10.1. The zero-order chi connectivity index (χ0) is 26.6. The van der Waals surface area contributed by atoms with Crippen LogP contribution < -0.4 is 19.9 Å². The molecule has 10 nitrogen and oxygen atoms in total. The molecule has 198 valence electrons. The zero-order valence-electron chi connectivity index (χ0n) is 20.3. The summed E-state index contributed by atoms with van der Waals surface area (Å²) in [6, 6.07) is 11.1. The molecule has 3 heterocycles. The smallest absolute Gasteiger partial charge is 0.281 e. The number of nitrogens with zero attached hydrogens (tertiary/aromatic N) is 2. The van der Waals surface area contributed by atoms with E-state index in [2.05, 4.69) is 9.97 Å². The minimum Gasteiger partial charge on any atom is -0.493 e. The van der Waals surface area contributed by atoms with E-state index in [0.717, 1.165) is 0 Å². The number of hydrogen-bond donors (Lipinski definition) is 2. The molecule has 0 spiro atoms. The van der Waals surface area contributed by atoms with Gasteiger partial charge in [0.05, 0.1) is 25.5 Å². The third-order valence-corrected chi connectivity index (χ3v) is 6.50. The fourth-order valence-electron chi connectivity index (χ4n) is 3.49. The van der Waals surface area contributed by atoms with E-state index < -0.39 is 26.8 Å². The van der Waals surface area contributed by atoms with Crippen LogP contribution in [0.5, 0.6) is 11.6 Å². The van der Waals surface area contributed by atoms with Crippen molar-refractivity contribution < 1.29 is 33.2 Å². The van der Waals surface area contributed by atoms with E-state index in [-0.39, 0.29) is 37.3 Å². The summed E-state index contributed by atoms with van der Waals surface area (Å²) in [5.41, 5.74) is 6.15. The van der Waals surface area contributed by atoms with Crippen LogP contribution in [0.3, 0.4) is 0 Å². The zero-order valence-corrected chi connectivity index (χ0v) is 21.1. The number of ether oxygens (including phenoxy) is 3. The molecule has 37 heavy (non-hydrogen) atoms. The molecule has 1 atom stereocenters. The van der Waals surface area contributed by atoms with Gasteiger partial charge in [-0.2, -0.15) is 8.42 Å². The van der Waals surface area contributed by atoms with E-state index in [1.54, 1.807) is 6.07 Å². The van der Waals surface area contributed by atoms with Gasteiger partial charge in [-0.15, -0.1) is 0 Å². The van der Waals surface area contributed by atoms with Crippen LogP contribution in [0.25, 0.3) is 11.3 Å². The normalized spacial score (nSPS) is 15.5. The number of hydrogen-bond acceptors (Lipinski definition) is 9. The molecule has 1 aliphatic heterocycles. The minimum absolute atomic E-state index is 0. The van der Waals surface area contributed by atoms with Gasteiger partial charge in [-0.3, -0.25) is 4.79 Å². The Morgan fingerprint density at radius 2 is 2.05 bits per heavy atom. The molecule has 0 unspecified atom stereocenters. The molecule has 1 fully saturated rings. The molecule has 0 bridgehead atoms. The lowest BCUT2D eigenvalue weighted by Crippen LogP contribution is -2.32. The number of nitrogens with two attached hydrogens (primary N) is 1. The lowest BCUT2D eigenvalue weighted by molar-refractivity contribution is 0.0968. The van der Waals surface area contributed by atoms with Gasteiger partial charge in [-0.1, -0.05) is 19.9 Å². The van der Waals surface area contributed by atoms with Crippen LogP contribution >= 0.6 is 0 Å². The van der Waals surface area contributed by atoms with E-state index in [1.165, 1.54) is 42.5 Å². The summed E-state index contributed by atoms with van der Waals surface area (Å²) in [6.07, 6.45) is 0.171. The van der Waals surface area contributed by atoms with Crippen molar-refractivity contribution in [2.45, 2.75) is 31.4 Å². The van der Waals surface area contributed by atoms with E-state index in [1.807, 2.05) is 18.6 Å². The van der Waals surface area contributed by atoms with E-state index >= 15 is 0 Å². The number of rotatable bonds is 9. The summed E-state index contributed by atoms with van der Waals surface area (Å²) in [5.74, 6) is -1.05. The standard InChI is InChI=1S/C25H27FN4O6S.H2/c1-15(2)13-35-19-11-16(10-17(26)12-19)21-7-6-20(25(28-21)36-18-8-9-34-14-18)24(31)30-37(32,33)23-5-3-4-22(27)29-23;/h3-7,10-12,15,18H,8-9,13-14H2,1-2H3,(H2,27,29)(H,30,31);1H/t18-;/m0./s1. The van der Waals surface area contributed by atoms with Crippen LogP contribution in [0.15, 0.2) is 53.6 Å².